The summed E-state index contributed by atoms with van der Waals surface area (Å²) >= 11 is 7.36. The van der Waals surface area contributed by atoms with Crippen LogP contribution in [0, 0.1) is 0 Å². The zero-order valence-electron chi connectivity index (χ0n) is 12.6. The highest BCUT2D eigenvalue weighted by Gasteiger charge is 2.11. The fourth-order valence-corrected chi connectivity index (χ4v) is 3.04. The number of esters is 1. The summed E-state index contributed by atoms with van der Waals surface area (Å²) < 4.78 is 6.81. The fourth-order valence-electron chi connectivity index (χ4n) is 2.10. The number of imidazole rings is 1. The van der Waals surface area contributed by atoms with E-state index >= 15 is 0 Å². The van der Waals surface area contributed by atoms with E-state index in [0.29, 0.717) is 17.3 Å². The first-order valence-electron chi connectivity index (χ1n) is 7.18. The molecule has 0 aliphatic carbocycles. The standard InChI is InChI=1S/C16H14ClN3O3S/c17-12-3-1-2-11(6-12)8-18-14(21)10-23-15(22)7-13-9-20-4-5-24-16(20)19-13/h1-6,9H,7-8,10H2,(H,18,21). The van der Waals surface area contributed by atoms with Crippen molar-refractivity contribution >= 4 is 39.8 Å². The molecule has 0 saturated heterocycles. The maximum Gasteiger partial charge on any atom is 0.312 e. The maximum atomic E-state index is 11.8. The van der Waals surface area contributed by atoms with Crippen molar-refractivity contribution in [2.24, 2.45) is 0 Å². The van der Waals surface area contributed by atoms with Crippen molar-refractivity contribution in [3.05, 3.63) is 58.3 Å². The van der Waals surface area contributed by atoms with Crippen LogP contribution in [-0.4, -0.2) is 27.9 Å². The lowest BCUT2D eigenvalue weighted by Crippen LogP contribution is -2.28. The molecule has 1 amide bonds. The Labute approximate surface area is 147 Å². The molecule has 2 aromatic heterocycles. The molecule has 8 heteroatoms. The SMILES string of the molecule is O=C(COC(=O)Cc1cn2ccsc2n1)NCc1cccc(Cl)c1. The lowest BCUT2D eigenvalue weighted by Gasteiger charge is -2.06. The third-order valence-corrected chi connectivity index (χ3v) is 4.22. The molecule has 1 N–H and O–H groups in total. The third-order valence-electron chi connectivity index (χ3n) is 3.21. The number of benzene rings is 1. The Morgan fingerprint density at radius 2 is 2.25 bits per heavy atom. The smallest absolute Gasteiger partial charge is 0.312 e. The number of nitrogens with zero attached hydrogens (tertiary/aromatic N) is 2. The minimum Gasteiger partial charge on any atom is -0.455 e. The van der Waals surface area contributed by atoms with Crippen molar-refractivity contribution in [3.8, 4) is 0 Å². The minimum atomic E-state index is -0.487. The van der Waals surface area contributed by atoms with Gasteiger partial charge < -0.3 is 10.1 Å². The number of rotatable bonds is 6. The molecule has 1 aromatic carbocycles. The first kappa shape index (κ1) is 16.5. The fraction of sp³-hybridized carbons (Fsp3) is 0.188. The van der Waals surface area contributed by atoms with Gasteiger partial charge in [0.15, 0.2) is 11.6 Å². The molecule has 0 saturated carbocycles. The van der Waals surface area contributed by atoms with Crippen LogP contribution in [-0.2, 0) is 27.3 Å². The van der Waals surface area contributed by atoms with Crippen LogP contribution in [0.2, 0.25) is 5.02 Å². The molecule has 2 heterocycles. The molecule has 0 atom stereocenters. The summed E-state index contributed by atoms with van der Waals surface area (Å²) in [7, 11) is 0. The van der Waals surface area contributed by atoms with E-state index in [4.69, 9.17) is 16.3 Å². The average Bonchev–Trinajstić information content (AvgIpc) is 3.12. The highest BCUT2D eigenvalue weighted by Crippen LogP contribution is 2.12. The number of amides is 1. The second-order valence-electron chi connectivity index (χ2n) is 5.07. The molecule has 3 rings (SSSR count). The zero-order valence-corrected chi connectivity index (χ0v) is 14.1. The lowest BCUT2D eigenvalue weighted by atomic mass is 10.2. The lowest BCUT2D eigenvalue weighted by molar-refractivity contribution is -0.147. The summed E-state index contributed by atoms with van der Waals surface area (Å²) in [6.45, 7) is 0.00981. The van der Waals surface area contributed by atoms with E-state index in [-0.39, 0.29) is 18.9 Å². The number of nitrogens with one attached hydrogen (secondary N) is 1. The van der Waals surface area contributed by atoms with Crippen molar-refractivity contribution in [1.29, 1.82) is 0 Å². The van der Waals surface area contributed by atoms with Crippen LogP contribution >= 0.6 is 22.9 Å². The number of ether oxygens (including phenoxy) is 1. The molecule has 6 nitrogen and oxygen atoms in total. The Morgan fingerprint density at radius 3 is 3.04 bits per heavy atom. The van der Waals surface area contributed by atoms with Crippen LogP contribution in [0.3, 0.4) is 0 Å². The molecule has 0 aliphatic rings. The monoisotopic (exact) mass is 363 g/mol. The molecule has 0 radical (unpaired) electrons. The summed E-state index contributed by atoms with van der Waals surface area (Å²) in [5.41, 5.74) is 1.49. The quantitative estimate of drug-likeness (QED) is 0.683. The van der Waals surface area contributed by atoms with Gasteiger partial charge in [-0.25, -0.2) is 4.98 Å². The number of fused-ring (bicyclic) bond motifs is 1. The number of hydrogen-bond donors (Lipinski definition) is 1. The van der Waals surface area contributed by atoms with Gasteiger partial charge in [0.2, 0.25) is 0 Å². The van der Waals surface area contributed by atoms with Gasteiger partial charge in [-0.2, -0.15) is 0 Å². The second-order valence-corrected chi connectivity index (χ2v) is 6.38. The highest BCUT2D eigenvalue weighted by atomic mass is 35.5. The van der Waals surface area contributed by atoms with Crippen molar-refractivity contribution in [1.82, 2.24) is 14.7 Å². The first-order chi connectivity index (χ1) is 11.6. The molecular formula is C16H14ClN3O3S. The van der Waals surface area contributed by atoms with E-state index in [1.54, 1.807) is 24.4 Å². The maximum absolute atomic E-state index is 11.8. The Kier molecular flexibility index (Phi) is 5.12. The van der Waals surface area contributed by atoms with Gasteiger partial charge in [-0.3, -0.25) is 14.0 Å². The van der Waals surface area contributed by atoms with Gasteiger partial charge >= 0.3 is 5.97 Å². The van der Waals surface area contributed by atoms with E-state index in [0.717, 1.165) is 10.5 Å². The molecule has 0 bridgehead atoms. The largest absolute Gasteiger partial charge is 0.455 e. The number of carbonyl (C=O) groups is 2. The first-order valence-corrected chi connectivity index (χ1v) is 8.44. The van der Waals surface area contributed by atoms with E-state index < -0.39 is 5.97 Å². The van der Waals surface area contributed by atoms with Gasteiger partial charge in [0.1, 0.15) is 0 Å². The van der Waals surface area contributed by atoms with Crippen LogP contribution in [0.15, 0.2) is 42.0 Å². The third kappa shape index (κ3) is 4.33. The summed E-state index contributed by atoms with van der Waals surface area (Å²) in [6.07, 6.45) is 3.67. The predicted molar refractivity (Wildman–Crippen MR) is 91.0 cm³/mol. The zero-order chi connectivity index (χ0) is 16.9. The Bertz CT molecular complexity index is 846. The average molecular weight is 364 g/mol. The summed E-state index contributed by atoms with van der Waals surface area (Å²) in [6, 6.07) is 7.18. The van der Waals surface area contributed by atoms with Crippen molar-refractivity contribution in [3.63, 3.8) is 0 Å². The molecule has 3 aromatic rings. The van der Waals surface area contributed by atoms with Crippen molar-refractivity contribution < 1.29 is 14.3 Å². The van der Waals surface area contributed by atoms with Gasteiger partial charge in [-0.05, 0) is 17.7 Å². The van der Waals surface area contributed by atoms with Crippen LogP contribution in [0.5, 0.6) is 0 Å². The number of aromatic nitrogens is 2. The van der Waals surface area contributed by atoms with Crippen LogP contribution < -0.4 is 5.32 Å². The Morgan fingerprint density at radius 1 is 1.38 bits per heavy atom. The van der Waals surface area contributed by atoms with Crippen molar-refractivity contribution in [2.45, 2.75) is 13.0 Å². The van der Waals surface area contributed by atoms with Crippen LogP contribution in [0.25, 0.3) is 4.96 Å². The molecule has 0 unspecified atom stereocenters. The number of thiazole rings is 1. The second kappa shape index (κ2) is 7.46. The van der Waals surface area contributed by atoms with Crippen molar-refractivity contribution in [2.75, 3.05) is 6.61 Å². The highest BCUT2D eigenvalue weighted by molar-refractivity contribution is 7.15. The minimum absolute atomic E-state index is 0.0377. The molecule has 24 heavy (non-hydrogen) atoms. The van der Waals surface area contributed by atoms with Crippen LogP contribution in [0.4, 0.5) is 0 Å². The topological polar surface area (TPSA) is 72.7 Å². The van der Waals surface area contributed by atoms with Gasteiger partial charge in [0.25, 0.3) is 5.91 Å². The Balaban J connectivity index is 1.42. The summed E-state index contributed by atoms with van der Waals surface area (Å²) in [5, 5.41) is 5.19. The number of carbonyl (C=O) groups excluding carboxylic acids is 2. The van der Waals surface area contributed by atoms with E-state index in [1.165, 1.54) is 11.3 Å². The number of hydrogen-bond acceptors (Lipinski definition) is 5. The van der Waals surface area contributed by atoms with Gasteiger partial charge in [0.05, 0.1) is 12.1 Å². The van der Waals surface area contributed by atoms with E-state index in [9.17, 15) is 9.59 Å². The summed E-state index contributed by atoms with van der Waals surface area (Å²) in [4.78, 5) is 28.6. The van der Waals surface area contributed by atoms with E-state index in [2.05, 4.69) is 10.3 Å². The van der Waals surface area contributed by atoms with Gasteiger partial charge in [-0.15, -0.1) is 11.3 Å². The molecule has 124 valence electrons. The summed E-state index contributed by atoms with van der Waals surface area (Å²) in [5.74, 6) is -0.854. The van der Waals surface area contributed by atoms with Gasteiger partial charge in [-0.1, -0.05) is 23.7 Å². The normalized spacial score (nSPS) is 10.7. The molecule has 0 spiro atoms. The molecule has 0 fully saturated rings. The molecular weight excluding hydrogens is 350 g/mol. The number of halogens is 1. The molecule has 0 aliphatic heterocycles. The predicted octanol–water partition coefficient (Wildman–Crippen LogP) is 2.45. The van der Waals surface area contributed by atoms with Gasteiger partial charge in [0, 0.05) is 29.3 Å². The van der Waals surface area contributed by atoms with Crippen LogP contribution in [0.1, 0.15) is 11.3 Å². The van der Waals surface area contributed by atoms with E-state index in [1.807, 2.05) is 22.0 Å². The Hall–Kier alpha value is -2.38.